The van der Waals surface area contributed by atoms with Crippen LogP contribution in [0.5, 0.6) is 5.75 Å². The third kappa shape index (κ3) is 11.5. The number of carbonyl (C=O) groups is 2. The molecule has 2 aromatic carbocycles. The van der Waals surface area contributed by atoms with Crippen LogP contribution in [-0.2, 0) is 13.6 Å². The van der Waals surface area contributed by atoms with Crippen LogP contribution in [-0.4, -0.2) is 23.3 Å². The average molecular weight is 685 g/mol. The molecule has 0 saturated carbocycles. The van der Waals surface area contributed by atoms with Crippen LogP contribution in [0.2, 0.25) is 0 Å². The molecule has 3 aromatic rings. The van der Waals surface area contributed by atoms with Crippen LogP contribution < -0.4 is 33.3 Å². The lowest BCUT2D eigenvalue weighted by Gasteiger charge is -2.22. The zero-order valence-electron chi connectivity index (χ0n) is 25.8. The minimum atomic E-state index is -0.323. The van der Waals surface area contributed by atoms with E-state index in [-0.39, 0.29) is 42.3 Å². The summed E-state index contributed by atoms with van der Waals surface area (Å²) in [4.78, 5) is 28.8. The van der Waals surface area contributed by atoms with E-state index in [1.54, 1.807) is 18.2 Å². The number of nitrogens with zero attached hydrogens (tertiary/aromatic N) is 2. The molecule has 0 atom stereocenters. The maximum atomic E-state index is 13.9. The highest BCUT2D eigenvalue weighted by Crippen LogP contribution is 2.24. The smallest absolute Gasteiger partial charge is 0.261 e. The molecule has 3 rings (SSSR count). The lowest BCUT2D eigenvalue weighted by Crippen LogP contribution is -3.00. The molecule has 1 aromatic heterocycles. The Morgan fingerprint density at radius 3 is 1.93 bits per heavy atom. The first kappa shape index (κ1) is 35.5. The minimum absolute atomic E-state index is 0. The van der Waals surface area contributed by atoms with Crippen LogP contribution >= 0.6 is 0 Å². The van der Waals surface area contributed by atoms with E-state index in [0.717, 1.165) is 24.1 Å². The van der Waals surface area contributed by atoms with Gasteiger partial charge in [0.05, 0.1) is 6.61 Å². The topological polar surface area (TPSA) is 50.5 Å². The third-order valence-electron chi connectivity index (χ3n) is 7.76. The number of halogens is 1. The largest absolute Gasteiger partial charge is 1.00 e. The summed E-state index contributed by atoms with van der Waals surface area (Å²) < 4.78 is 8.05. The van der Waals surface area contributed by atoms with Crippen molar-refractivity contribution in [3.8, 4) is 5.75 Å². The lowest BCUT2D eigenvalue weighted by molar-refractivity contribution is -0.679. The molecule has 0 N–H and O–H groups in total. The fourth-order valence-corrected chi connectivity index (χ4v) is 5.13. The molecule has 0 aliphatic heterocycles. The zero-order valence-corrected chi connectivity index (χ0v) is 28.0. The number of imide groups is 1. The number of amides is 2. The first-order valence-corrected chi connectivity index (χ1v) is 15.6. The van der Waals surface area contributed by atoms with Crippen molar-refractivity contribution in [2.24, 2.45) is 7.05 Å². The summed E-state index contributed by atoms with van der Waals surface area (Å²) in [6.07, 6.45) is 17.5. The van der Waals surface area contributed by atoms with Gasteiger partial charge in [-0.2, -0.15) is 0 Å². The number of ether oxygens (including phenoxy) is 1. The number of hydrogen-bond donors (Lipinski definition) is 0. The molecule has 0 spiro atoms. The fraction of sp³-hybridized carbons (Fsp3) is 0.472. The number of aryl methyl sites for hydroxylation is 1. The van der Waals surface area contributed by atoms with Crippen molar-refractivity contribution in [1.29, 1.82) is 0 Å². The van der Waals surface area contributed by atoms with Gasteiger partial charge in [0.25, 0.3) is 11.8 Å². The molecule has 1 heterocycles. The summed E-state index contributed by atoms with van der Waals surface area (Å²) >= 11 is 0. The highest BCUT2D eigenvalue weighted by Gasteiger charge is 2.28. The van der Waals surface area contributed by atoms with E-state index in [0.29, 0.717) is 23.5 Å². The highest BCUT2D eigenvalue weighted by molar-refractivity contribution is 6.10. The van der Waals surface area contributed by atoms with Gasteiger partial charge in [0.1, 0.15) is 19.3 Å². The van der Waals surface area contributed by atoms with E-state index in [9.17, 15) is 9.59 Å². The third-order valence-corrected chi connectivity index (χ3v) is 7.76. The molecule has 42 heavy (non-hydrogen) atoms. The van der Waals surface area contributed by atoms with E-state index < -0.39 is 0 Å². The Morgan fingerprint density at radius 1 is 0.714 bits per heavy atom. The molecule has 0 aliphatic rings. The highest BCUT2D eigenvalue weighted by atomic mass is 127. The van der Waals surface area contributed by atoms with Gasteiger partial charge in [-0.05, 0) is 37.6 Å². The Morgan fingerprint density at radius 2 is 1.31 bits per heavy atom. The normalized spacial score (nSPS) is 10.6. The average Bonchev–Trinajstić information content (AvgIpc) is 2.99. The van der Waals surface area contributed by atoms with Gasteiger partial charge >= 0.3 is 0 Å². The van der Waals surface area contributed by atoms with Gasteiger partial charge in [-0.15, -0.1) is 0 Å². The van der Waals surface area contributed by atoms with Crippen molar-refractivity contribution < 1.29 is 42.9 Å². The van der Waals surface area contributed by atoms with Crippen LogP contribution in [0.4, 0.5) is 0 Å². The Hall–Kier alpha value is -2.74. The molecular weight excluding hydrogens is 635 g/mol. The van der Waals surface area contributed by atoms with Crippen molar-refractivity contribution >= 4 is 11.8 Å². The summed E-state index contributed by atoms with van der Waals surface area (Å²) in [6.45, 7) is 4.97. The fourth-order valence-electron chi connectivity index (χ4n) is 5.13. The molecule has 0 unspecified atom stereocenters. The van der Waals surface area contributed by atoms with Crippen LogP contribution in [0.1, 0.15) is 116 Å². The molecule has 0 aliphatic carbocycles. The van der Waals surface area contributed by atoms with Crippen molar-refractivity contribution in [2.75, 3.05) is 6.61 Å². The predicted molar refractivity (Wildman–Crippen MR) is 166 cm³/mol. The summed E-state index contributed by atoms with van der Waals surface area (Å²) in [5, 5.41) is 0. The van der Waals surface area contributed by atoms with Crippen LogP contribution in [0.25, 0.3) is 0 Å². The minimum Gasteiger partial charge on any atom is -1.00 e. The lowest BCUT2D eigenvalue weighted by atomic mass is 10.0. The number of benzene rings is 2. The van der Waals surface area contributed by atoms with Gasteiger partial charge in [-0.1, -0.05) is 108 Å². The molecule has 5 nitrogen and oxygen atoms in total. The second kappa shape index (κ2) is 20.2. The molecule has 0 radical (unpaired) electrons. The first-order chi connectivity index (χ1) is 20.0. The van der Waals surface area contributed by atoms with Crippen molar-refractivity contribution in [1.82, 2.24) is 4.90 Å². The van der Waals surface area contributed by atoms with Crippen LogP contribution in [0.15, 0.2) is 72.9 Å². The maximum absolute atomic E-state index is 13.9. The second-order valence-corrected chi connectivity index (χ2v) is 11.0. The van der Waals surface area contributed by atoms with Gasteiger partial charge < -0.3 is 28.7 Å². The Labute approximate surface area is 270 Å². The number of aromatic nitrogens is 1. The Bertz CT molecular complexity index is 1220. The summed E-state index contributed by atoms with van der Waals surface area (Å²) in [5.74, 6) is 0.0639. The van der Waals surface area contributed by atoms with Gasteiger partial charge in [-0.3, -0.25) is 14.5 Å². The van der Waals surface area contributed by atoms with Crippen LogP contribution in [0, 0.1) is 6.92 Å². The maximum Gasteiger partial charge on any atom is 0.261 e. The van der Waals surface area contributed by atoms with E-state index in [4.69, 9.17) is 4.74 Å². The molecule has 228 valence electrons. The molecular formula is C36H49IN2O3. The molecule has 0 bridgehead atoms. The number of carbonyl (C=O) groups excluding carboxylic acids is 2. The van der Waals surface area contributed by atoms with Crippen molar-refractivity contribution in [3.63, 3.8) is 0 Å². The molecule has 0 fully saturated rings. The van der Waals surface area contributed by atoms with Crippen molar-refractivity contribution in [3.05, 3.63) is 95.3 Å². The number of rotatable bonds is 18. The summed E-state index contributed by atoms with van der Waals surface area (Å²) in [6, 6.07) is 20.3. The predicted octanol–water partition coefficient (Wildman–Crippen LogP) is 5.39. The second-order valence-electron chi connectivity index (χ2n) is 11.0. The Kier molecular flexibility index (Phi) is 17.1. The SMILES string of the molecule is CCCCCCCCCCCCCCOc1cccc(C(=O)N(Cc2cccc[n+]2C)C(=O)c2ccccc2)c1C.[I-]. The van der Waals surface area contributed by atoms with Gasteiger partial charge in [0, 0.05) is 28.8 Å². The molecule has 2 amide bonds. The van der Waals surface area contributed by atoms with E-state index >= 15 is 0 Å². The monoisotopic (exact) mass is 684 g/mol. The van der Waals surface area contributed by atoms with Gasteiger partial charge in [-0.25, -0.2) is 4.57 Å². The zero-order chi connectivity index (χ0) is 29.3. The van der Waals surface area contributed by atoms with E-state index in [1.807, 2.05) is 73.3 Å². The number of pyridine rings is 1. The van der Waals surface area contributed by atoms with Crippen LogP contribution in [0.3, 0.4) is 0 Å². The molecule has 6 heteroatoms. The first-order valence-electron chi connectivity index (χ1n) is 15.6. The number of hydrogen-bond acceptors (Lipinski definition) is 3. The summed E-state index contributed by atoms with van der Waals surface area (Å²) in [7, 11) is 1.92. The van der Waals surface area contributed by atoms with E-state index in [1.165, 1.54) is 69.1 Å². The quantitative estimate of drug-likeness (QED) is 0.0783. The summed E-state index contributed by atoms with van der Waals surface area (Å²) in [5.41, 5.74) is 2.60. The number of unbranched alkanes of at least 4 members (excludes halogenated alkanes) is 11. The van der Waals surface area contributed by atoms with Gasteiger partial charge in [0.2, 0.25) is 5.69 Å². The molecule has 0 saturated heterocycles. The van der Waals surface area contributed by atoms with Gasteiger partial charge in [0.15, 0.2) is 6.20 Å². The Balaban J connectivity index is 0.00000616. The standard InChI is InChI=1S/C36H49N2O3.HI/c1-4-5-6-7-8-9-10-11-12-13-14-20-28-41-34-26-21-25-33(30(34)2)36(40)38(29-32-24-18-19-27-37(32)3)35(39)31-22-16-15-17-23-31;/h15-19,21-27H,4-14,20,28-29H2,1-3H3;1H/q+1;/p-1. The van der Waals surface area contributed by atoms with E-state index in [2.05, 4.69) is 6.92 Å². The van der Waals surface area contributed by atoms with Crippen molar-refractivity contribution in [2.45, 2.75) is 97.4 Å².